The van der Waals surface area contributed by atoms with Gasteiger partial charge in [-0.15, -0.1) is 0 Å². The van der Waals surface area contributed by atoms with Gasteiger partial charge in [-0.1, -0.05) is 118 Å². The number of benzene rings is 5. The first-order valence-corrected chi connectivity index (χ1v) is 29.1. The third-order valence-corrected chi connectivity index (χ3v) is 11.8. The van der Waals surface area contributed by atoms with Crippen molar-refractivity contribution in [3.63, 3.8) is 0 Å². The highest BCUT2D eigenvalue weighted by Crippen LogP contribution is 2.39. The Balaban J connectivity index is 1.59. The first-order chi connectivity index (χ1) is 38.3. The molecule has 0 aliphatic carbocycles. The van der Waals surface area contributed by atoms with Crippen molar-refractivity contribution in [1.29, 1.82) is 0 Å². The van der Waals surface area contributed by atoms with E-state index in [1.165, 1.54) is 0 Å². The predicted octanol–water partition coefficient (Wildman–Crippen LogP) is 18.3. The molecule has 0 unspecified atom stereocenters. The molecular weight excluding hydrogens is 977 g/mol. The van der Waals surface area contributed by atoms with Gasteiger partial charge in [0, 0.05) is 44.5 Å². The lowest BCUT2D eigenvalue weighted by molar-refractivity contribution is 0.307. The van der Waals surface area contributed by atoms with Gasteiger partial charge in [-0.25, -0.2) is 0 Å². The zero-order valence-corrected chi connectivity index (χ0v) is 48.8. The summed E-state index contributed by atoms with van der Waals surface area (Å²) in [6.07, 6.45) is 25.4. The third kappa shape index (κ3) is 19.8. The van der Waals surface area contributed by atoms with Gasteiger partial charge in [0.25, 0.3) is 0 Å². The molecule has 0 spiro atoms. The number of ether oxygens (including phenoxy) is 10. The molecule has 78 heavy (non-hydrogen) atoms. The first-order valence-electron chi connectivity index (χ1n) is 29.1. The summed E-state index contributed by atoms with van der Waals surface area (Å²) < 4.78 is 63.3. The molecule has 0 saturated heterocycles. The molecular formula is C68H90O10. The van der Waals surface area contributed by atoms with E-state index in [-0.39, 0.29) is 0 Å². The topological polar surface area (TPSA) is 92.3 Å². The third-order valence-electron chi connectivity index (χ3n) is 11.8. The highest BCUT2D eigenvalue weighted by molar-refractivity contribution is 5.84. The van der Waals surface area contributed by atoms with Crippen LogP contribution in [0.2, 0.25) is 0 Å². The summed E-state index contributed by atoms with van der Waals surface area (Å²) in [7, 11) is 0. The summed E-state index contributed by atoms with van der Waals surface area (Å²) in [4.78, 5) is 0. The van der Waals surface area contributed by atoms with Crippen LogP contribution in [-0.2, 0) is 0 Å². The van der Waals surface area contributed by atoms with E-state index in [0.717, 1.165) is 166 Å². The van der Waals surface area contributed by atoms with Crippen LogP contribution in [0, 0.1) is 0 Å². The highest BCUT2D eigenvalue weighted by Gasteiger charge is 2.16. The molecule has 0 fully saturated rings. The summed E-state index contributed by atoms with van der Waals surface area (Å²) >= 11 is 0. The van der Waals surface area contributed by atoms with E-state index in [4.69, 9.17) is 47.4 Å². The average Bonchev–Trinajstić information content (AvgIpc) is 3.50. The summed E-state index contributed by atoms with van der Waals surface area (Å²) in [5.74, 6) is 7.70. The summed E-state index contributed by atoms with van der Waals surface area (Å²) in [5, 5.41) is 0. The zero-order valence-electron chi connectivity index (χ0n) is 48.8. The predicted molar refractivity (Wildman–Crippen MR) is 326 cm³/mol. The summed E-state index contributed by atoms with van der Waals surface area (Å²) in [5.41, 5.74) is 7.17. The van der Waals surface area contributed by atoms with Crippen LogP contribution < -0.4 is 47.4 Å². The Morgan fingerprint density at radius 2 is 0.372 bits per heavy atom. The lowest BCUT2D eigenvalue weighted by Crippen LogP contribution is -2.02. The number of hydrogen-bond acceptors (Lipinski definition) is 10. The van der Waals surface area contributed by atoms with Gasteiger partial charge in [-0.2, -0.15) is 0 Å². The minimum absolute atomic E-state index is 0.545. The van der Waals surface area contributed by atoms with Crippen LogP contribution >= 0.6 is 0 Å². The van der Waals surface area contributed by atoms with Gasteiger partial charge in [0.2, 0.25) is 0 Å². The van der Waals surface area contributed by atoms with Crippen molar-refractivity contribution in [2.75, 3.05) is 66.1 Å². The molecule has 5 aromatic rings. The maximum atomic E-state index is 6.54. The van der Waals surface area contributed by atoms with Crippen molar-refractivity contribution < 1.29 is 47.4 Å². The van der Waals surface area contributed by atoms with Gasteiger partial charge in [0.1, 0.15) is 57.5 Å². The maximum absolute atomic E-state index is 6.54. The van der Waals surface area contributed by atoms with Gasteiger partial charge in [-0.3, -0.25) is 0 Å². The van der Waals surface area contributed by atoms with Crippen LogP contribution in [0.25, 0.3) is 48.6 Å². The minimum Gasteiger partial charge on any atom is -0.494 e. The van der Waals surface area contributed by atoms with E-state index in [1.54, 1.807) is 0 Å². The number of hydrogen-bond donors (Lipinski definition) is 0. The van der Waals surface area contributed by atoms with Crippen molar-refractivity contribution in [1.82, 2.24) is 0 Å². The second kappa shape index (κ2) is 35.5. The largest absolute Gasteiger partial charge is 0.494 e. The fourth-order valence-corrected chi connectivity index (χ4v) is 7.92. The van der Waals surface area contributed by atoms with Crippen LogP contribution in [0.3, 0.4) is 0 Å². The fraction of sp³-hybridized carbons (Fsp3) is 0.441. The normalized spacial score (nSPS) is 11.5. The molecule has 5 aromatic carbocycles. The first kappa shape index (κ1) is 61.9. The van der Waals surface area contributed by atoms with E-state index >= 15 is 0 Å². The fourth-order valence-electron chi connectivity index (χ4n) is 7.92. The maximum Gasteiger partial charge on any atom is 0.127 e. The molecule has 422 valence electrons. The molecule has 0 aliphatic heterocycles. The quantitative estimate of drug-likeness (QED) is 0.0356. The summed E-state index contributed by atoms with van der Waals surface area (Å²) in [6, 6.07) is 24.4. The molecule has 10 nitrogen and oxygen atoms in total. The van der Waals surface area contributed by atoms with Crippen molar-refractivity contribution >= 4 is 48.6 Å². The van der Waals surface area contributed by atoms with Crippen LogP contribution in [0.4, 0.5) is 0 Å². The molecule has 0 saturated carbocycles. The molecule has 0 radical (unpaired) electrons. The Labute approximate surface area is 468 Å². The molecule has 10 heteroatoms. The van der Waals surface area contributed by atoms with Crippen LogP contribution in [-0.4, -0.2) is 66.1 Å². The summed E-state index contributed by atoms with van der Waals surface area (Å²) in [6.45, 7) is 27.0. The van der Waals surface area contributed by atoms with Gasteiger partial charge in [0.15, 0.2) is 0 Å². The lowest BCUT2D eigenvalue weighted by atomic mass is 10.0. The van der Waals surface area contributed by atoms with E-state index in [2.05, 4.69) is 154 Å². The average molecular weight is 1070 g/mol. The molecule has 0 atom stereocenters. The Hall–Kier alpha value is -6.94. The van der Waals surface area contributed by atoms with Crippen molar-refractivity contribution in [3.8, 4) is 57.5 Å². The Morgan fingerprint density at radius 3 is 0.564 bits per heavy atom. The highest BCUT2D eigenvalue weighted by atomic mass is 16.5. The Kier molecular flexibility index (Phi) is 28.2. The van der Waals surface area contributed by atoms with E-state index < -0.39 is 0 Å². The molecule has 0 aromatic heterocycles. The smallest absolute Gasteiger partial charge is 0.127 e. The molecule has 5 rings (SSSR count). The minimum atomic E-state index is 0.545. The Bertz CT molecular complexity index is 2500. The zero-order chi connectivity index (χ0) is 55.7. The Morgan fingerprint density at radius 1 is 0.205 bits per heavy atom. The molecule has 0 amide bonds. The molecule has 0 aliphatic rings. The second-order valence-corrected chi connectivity index (χ2v) is 19.0. The van der Waals surface area contributed by atoms with E-state index in [1.807, 2.05) is 36.4 Å². The SMILES string of the molecule is CCCOc1ccc(OCCC)c(/C=C/c2cc(OCCC)c(/C=C/c3cc(OCCC)c(/C=C/c4cc(OCCC)c(/C=C/c5cc(OCCC)ccc5OCCC)cc4OCCC)cc3OCCC)cc2OCCC)c1. The van der Waals surface area contributed by atoms with Gasteiger partial charge < -0.3 is 47.4 Å². The van der Waals surface area contributed by atoms with E-state index in [0.29, 0.717) is 66.1 Å². The standard InChI is InChI=1S/C68H90O10/c1-11-33-69-59-29-31-61(71-35-13-3)51(43-59)21-23-53-45-65(75-39-17-7)55(47-63(53)73-37-15-5)25-27-57-49-68(78-42-20-10)58(50-67(57)77-41-19-9)28-26-56-48-64(74-38-16-6)54(46-66(56)76-40-18-8)24-22-52-44-60(70-34-12-2)30-32-62(52)72-36-14-4/h21-32,43-50H,11-20,33-42H2,1-10H3/b23-21+,24-22+,27-25+,28-26+. The molecule has 0 heterocycles. The number of rotatable bonds is 38. The molecule has 0 bridgehead atoms. The second-order valence-electron chi connectivity index (χ2n) is 19.0. The van der Waals surface area contributed by atoms with Gasteiger partial charge in [0.05, 0.1) is 66.1 Å². The van der Waals surface area contributed by atoms with Crippen LogP contribution in [0.15, 0.2) is 72.8 Å². The van der Waals surface area contributed by atoms with Gasteiger partial charge in [-0.05, 0) is 137 Å². The van der Waals surface area contributed by atoms with Gasteiger partial charge >= 0.3 is 0 Å². The van der Waals surface area contributed by atoms with Crippen LogP contribution in [0.1, 0.15) is 178 Å². The van der Waals surface area contributed by atoms with E-state index in [9.17, 15) is 0 Å². The monoisotopic (exact) mass is 1070 g/mol. The van der Waals surface area contributed by atoms with Crippen LogP contribution in [0.5, 0.6) is 57.5 Å². The van der Waals surface area contributed by atoms with Crippen molar-refractivity contribution in [2.45, 2.75) is 133 Å². The lowest BCUT2D eigenvalue weighted by Gasteiger charge is -2.17. The molecule has 0 N–H and O–H groups in total. The van der Waals surface area contributed by atoms with Crippen molar-refractivity contribution in [3.05, 3.63) is 117 Å². The van der Waals surface area contributed by atoms with Crippen molar-refractivity contribution in [2.24, 2.45) is 0 Å².